The molecule has 0 atom stereocenters. The summed E-state index contributed by atoms with van der Waals surface area (Å²) in [5, 5.41) is 9.45. The van der Waals surface area contributed by atoms with Crippen molar-refractivity contribution in [2.24, 2.45) is 7.05 Å². The highest BCUT2D eigenvalue weighted by Gasteiger charge is 2.10. The predicted octanol–water partition coefficient (Wildman–Crippen LogP) is 12.9. The molecule has 0 aliphatic carbocycles. The molecule has 1 heteroatoms. The van der Waals surface area contributed by atoms with Crippen LogP contribution in [-0.2, 0) is 7.05 Å². The van der Waals surface area contributed by atoms with Crippen LogP contribution in [0.3, 0.4) is 0 Å². The van der Waals surface area contributed by atoms with Crippen molar-refractivity contribution in [2.45, 2.75) is 90.0 Å². The maximum Gasteiger partial charge on any atom is 0.220 e. The molecular weight excluding hydrogens is 506 g/mol. The number of aromatic nitrogens is 1. The molecule has 0 aliphatic heterocycles. The van der Waals surface area contributed by atoms with Crippen LogP contribution in [0, 0.1) is 20.8 Å². The Morgan fingerprint density at radius 3 is 1.29 bits per heavy atom. The summed E-state index contributed by atoms with van der Waals surface area (Å²) in [6, 6.07) is 32.4. The van der Waals surface area contributed by atoms with Gasteiger partial charge in [0.05, 0.1) is 5.39 Å². The van der Waals surface area contributed by atoms with Crippen LogP contribution in [0.15, 0.2) is 97.2 Å². The van der Waals surface area contributed by atoms with Crippen molar-refractivity contribution in [3.8, 4) is 0 Å². The SMILES string of the molecule is CC.CC.CC.CC.CC.Cc1c(C)c2ccccc2c2ccccc12.Cc1cccc2ccc3ccc[n+](C)c3c12. The fourth-order valence-electron chi connectivity index (χ4n) is 4.91. The van der Waals surface area contributed by atoms with Crippen LogP contribution in [-0.4, -0.2) is 0 Å². The number of fused-ring (bicyclic) bond motifs is 6. The third-order valence-electron chi connectivity index (χ3n) is 6.71. The summed E-state index contributed by atoms with van der Waals surface area (Å²) < 4.78 is 2.20. The molecule has 6 aromatic rings. The topological polar surface area (TPSA) is 3.88 Å². The Kier molecular flexibility index (Phi) is 19.2. The Morgan fingerprint density at radius 2 is 0.810 bits per heavy atom. The van der Waals surface area contributed by atoms with E-state index in [9.17, 15) is 0 Å². The Bertz CT molecular complexity index is 1490. The maximum absolute atomic E-state index is 2.21. The summed E-state index contributed by atoms with van der Waals surface area (Å²) in [7, 11) is 2.11. The number of pyridine rings is 1. The van der Waals surface area contributed by atoms with E-state index in [0.29, 0.717) is 0 Å². The zero-order valence-electron chi connectivity index (χ0n) is 29.2. The lowest BCUT2D eigenvalue weighted by Crippen LogP contribution is -2.28. The third kappa shape index (κ3) is 8.89. The van der Waals surface area contributed by atoms with Crippen molar-refractivity contribution in [3.63, 3.8) is 0 Å². The van der Waals surface area contributed by atoms with Crippen LogP contribution >= 0.6 is 0 Å². The van der Waals surface area contributed by atoms with Gasteiger partial charge in [0.25, 0.3) is 0 Å². The minimum Gasteiger partial charge on any atom is -0.200 e. The highest BCUT2D eigenvalue weighted by molar-refractivity contribution is 6.10. The highest BCUT2D eigenvalue weighted by atomic mass is 14.9. The van der Waals surface area contributed by atoms with E-state index in [1.54, 1.807) is 0 Å². The minimum atomic E-state index is 1.30. The number of hydrogen-bond acceptors (Lipinski definition) is 0. The van der Waals surface area contributed by atoms with E-state index >= 15 is 0 Å². The van der Waals surface area contributed by atoms with Gasteiger partial charge in [-0.15, -0.1) is 0 Å². The Labute approximate surface area is 258 Å². The molecule has 0 amide bonds. The zero-order chi connectivity index (χ0) is 32.2. The van der Waals surface area contributed by atoms with Gasteiger partial charge in [-0.05, 0) is 76.5 Å². The number of aryl methyl sites for hydroxylation is 4. The van der Waals surface area contributed by atoms with E-state index in [-0.39, 0.29) is 0 Å². The predicted molar refractivity (Wildman–Crippen MR) is 195 cm³/mol. The molecule has 0 aliphatic rings. The first-order chi connectivity index (χ1) is 20.6. The van der Waals surface area contributed by atoms with Crippen LogP contribution in [0.4, 0.5) is 0 Å². The minimum absolute atomic E-state index is 1.30. The average Bonchev–Trinajstić information content (AvgIpc) is 3.09. The second-order valence-electron chi connectivity index (χ2n) is 8.64. The fourth-order valence-corrected chi connectivity index (χ4v) is 4.91. The van der Waals surface area contributed by atoms with Crippen LogP contribution in [0.5, 0.6) is 0 Å². The summed E-state index contributed by atoms with van der Waals surface area (Å²) in [6.07, 6.45) is 2.11. The van der Waals surface area contributed by atoms with Gasteiger partial charge in [0.1, 0.15) is 7.05 Å². The normalized spacial score (nSPS) is 9.19. The summed E-state index contributed by atoms with van der Waals surface area (Å²) >= 11 is 0. The molecule has 0 unspecified atom stereocenters. The molecule has 0 saturated heterocycles. The third-order valence-corrected chi connectivity index (χ3v) is 6.71. The van der Waals surface area contributed by atoms with Gasteiger partial charge < -0.3 is 0 Å². The fraction of sp³-hybridized carbons (Fsp3) is 0.341. The smallest absolute Gasteiger partial charge is 0.200 e. The zero-order valence-corrected chi connectivity index (χ0v) is 29.2. The first-order valence-electron chi connectivity index (χ1n) is 16.2. The van der Waals surface area contributed by atoms with Crippen LogP contribution in [0.1, 0.15) is 85.9 Å². The van der Waals surface area contributed by atoms with E-state index < -0.39 is 0 Å². The molecular formula is C41H58N+. The van der Waals surface area contributed by atoms with Gasteiger partial charge in [-0.25, -0.2) is 4.57 Å². The summed E-state index contributed by atoms with van der Waals surface area (Å²) in [4.78, 5) is 0. The summed E-state index contributed by atoms with van der Waals surface area (Å²) in [5.74, 6) is 0. The molecule has 0 spiro atoms. The molecule has 42 heavy (non-hydrogen) atoms. The summed E-state index contributed by atoms with van der Waals surface area (Å²) in [5.41, 5.74) is 5.45. The van der Waals surface area contributed by atoms with E-state index in [1.807, 2.05) is 69.2 Å². The molecule has 1 aromatic heterocycles. The first-order valence-corrected chi connectivity index (χ1v) is 16.2. The molecule has 0 fully saturated rings. The second kappa shape index (κ2) is 21.1. The van der Waals surface area contributed by atoms with Gasteiger partial charge in [0, 0.05) is 11.5 Å². The lowest BCUT2D eigenvalue weighted by molar-refractivity contribution is -0.644. The van der Waals surface area contributed by atoms with Gasteiger partial charge in [-0.2, -0.15) is 0 Å². The Hall–Kier alpha value is -3.71. The van der Waals surface area contributed by atoms with E-state index in [2.05, 4.69) is 130 Å². The Morgan fingerprint density at radius 1 is 0.405 bits per heavy atom. The van der Waals surface area contributed by atoms with Gasteiger partial charge in [-0.3, -0.25) is 0 Å². The van der Waals surface area contributed by atoms with Gasteiger partial charge in [-0.1, -0.05) is 142 Å². The van der Waals surface area contributed by atoms with E-state index in [0.717, 1.165) is 0 Å². The number of benzene rings is 5. The highest BCUT2D eigenvalue weighted by Crippen LogP contribution is 2.31. The van der Waals surface area contributed by atoms with Crippen LogP contribution in [0.2, 0.25) is 0 Å². The van der Waals surface area contributed by atoms with Crippen LogP contribution in [0.25, 0.3) is 43.2 Å². The summed E-state index contributed by atoms with van der Waals surface area (Å²) in [6.45, 7) is 26.6. The average molecular weight is 565 g/mol. The van der Waals surface area contributed by atoms with Crippen molar-refractivity contribution >= 4 is 43.2 Å². The lowest BCUT2D eigenvalue weighted by atomic mass is 9.93. The lowest BCUT2D eigenvalue weighted by Gasteiger charge is -2.11. The van der Waals surface area contributed by atoms with Crippen molar-refractivity contribution in [1.29, 1.82) is 0 Å². The molecule has 0 saturated carbocycles. The number of hydrogen-bond donors (Lipinski definition) is 0. The standard InChI is InChI=1S/C16H14.C15H14N.5C2H6/c1-11-12(2)14-8-4-6-10-16(14)15-9-5-3-7-13(11)15;1-11-5-3-6-12-8-9-13-7-4-10-16(2)15(13)14(11)12;5*1-2/h2*3-10H,1-2H3;5*1-2H3/q;+1;;;;;. The quantitative estimate of drug-likeness (QED) is 0.128. The van der Waals surface area contributed by atoms with E-state index in [1.165, 1.54) is 59.9 Å². The monoisotopic (exact) mass is 564 g/mol. The molecule has 1 heterocycles. The van der Waals surface area contributed by atoms with Gasteiger partial charge in [0.2, 0.25) is 5.52 Å². The Balaban J connectivity index is 0.000000619. The second-order valence-corrected chi connectivity index (χ2v) is 8.64. The van der Waals surface area contributed by atoms with E-state index in [4.69, 9.17) is 0 Å². The number of rotatable bonds is 0. The largest absolute Gasteiger partial charge is 0.220 e. The number of nitrogens with zero attached hydrogens (tertiary/aromatic N) is 1. The molecule has 0 radical (unpaired) electrons. The first kappa shape index (κ1) is 38.3. The molecule has 1 nitrogen and oxygen atoms in total. The molecule has 226 valence electrons. The van der Waals surface area contributed by atoms with Crippen molar-refractivity contribution < 1.29 is 4.57 Å². The van der Waals surface area contributed by atoms with Crippen molar-refractivity contribution in [1.82, 2.24) is 0 Å². The van der Waals surface area contributed by atoms with Crippen molar-refractivity contribution in [3.05, 3.63) is 114 Å². The van der Waals surface area contributed by atoms with Crippen LogP contribution < -0.4 is 4.57 Å². The van der Waals surface area contributed by atoms with Gasteiger partial charge >= 0.3 is 0 Å². The molecule has 0 bridgehead atoms. The molecule has 5 aromatic carbocycles. The maximum atomic E-state index is 2.21. The van der Waals surface area contributed by atoms with Gasteiger partial charge in [0.15, 0.2) is 6.20 Å². The molecule has 6 rings (SSSR count). The molecule has 0 N–H and O–H groups in total. The van der Waals surface area contributed by atoms with Crippen molar-refractivity contribution in [2.75, 3.05) is 0 Å².